The molecular weight excluding hydrogens is 200 g/mol. The van der Waals surface area contributed by atoms with Crippen molar-refractivity contribution in [2.45, 2.75) is 45.2 Å². The summed E-state index contributed by atoms with van der Waals surface area (Å²) in [5.74, 6) is 0.881. The van der Waals surface area contributed by atoms with Gasteiger partial charge in [-0.1, -0.05) is 6.92 Å². The van der Waals surface area contributed by atoms with Crippen LogP contribution < -0.4 is 5.32 Å². The van der Waals surface area contributed by atoms with Gasteiger partial charge in [0.15, 0.2) is 0 Å². The van der Waals surface area contributed by atoms with E-state index < -0.39 is 0 Å². The number of nitrogens with zero attached hydrogens (tertiary/aromatic N) is 1. The summed E-state index contributed by atoms with van der Waals surface area (Å²) in [5.41, 5.74) is 0. The molecule has 2 fully saturated rings. The summed E-state index contributed by atoms with van der Waals surface area (Å²) in [6.07, 6.45) is 4.01. The summed E-state index contributed by atoms with van der Waals surface area (Å²) in [6.45, 7) is 10.1. The van der Waals surface area contributed by atoms with Crippen LogP contribution in [0.1, 0.15) is 33.1 Å². The second-order valence-corrected chi connectivity index (χ2v) is 5.54. The molecule has 0 amide bonds. The highest BCUT2D eigenvalue weighted by molar-refractivity contribution is 4.79. The number of ether oxygens (including phenoxy) is 1. The predicted molar refractivity (Wildman–Crippen MR) is 66.7 cm³/mol. The molecule has 0 aliphatic carbocycles. The number of rotatable bonds is 3. The Morgan fingerprint density at radius 3 is 2.94 bits per heavy atom. The number of piperidine rings is 1. The molecule has 2 rings (SSSR count). The first-order valence-corrected chi connectivity index (χ1v) is 6.81. The average molecular weight is 226 g/mol. The van der Waals surface area contributed by atoms with Gasteiger partial charge in [0.25, 0.3) is 0 Å². The van der Waals surface area contributed by atoms with Crippen LogP contribution in [0.5, 0.6) is 0 Å². The molecule has 1 N–H and O–H groups in total. The van der Waals surface area contributed by atoms with E-state index in [4.69, 9.17) is 4.74 Å². The third-order valence-electron chi connectivity index (χ3n) is 4.01. The fourth-order valence-electron chi connectivity index (χ4n) is 2.82. The summed E-state index contributed by atoms with van der Waals surface area (Å²) in [4.78, 5) is 2.66. The molecule has 3 heteroatoms. The van der Waals surface area contributed by atoms with Crippen LogP contribution in [0.2, 0.25) is 0 Å². The van der Waals surface area contributed by atoms with E-state index in [0.29, 0.717) is 6.04 Å². The highest BCUT2D eigenvalue weighted by Crippen LogP contribution is 2.21. The maximum Gasteiger partial charge on any atom is 0.0620 e. The van der Waals surface area contributed by atoms with Crippen LogP contribution >= 0.6 is 0 Å². The van der Waals surface area contributed by atoms with Crippen LogP contribution in [-0.2, 0) is 4.74 Å². The van der Waals surface area contributed by atoms with E-state index in [9.17, 15) is 0 Å². The Labute approximate surface area is 99.5 Å². The maximum atomic E-state index is 5.49. The van der Waals surface area contributed by atoms with E-state index in [1.165, 1.54) is 32.4 Å². The molecule has 3 nitrogen and oxygen atoms in total. The molecule has 2 aliphatic rings. The van der Waals surface area contributed by atoms with Crippen LogP contribution in [-0.4, -0.2) is 49.8 Å². The van der Waals surface area contributed by atoms with Gasteiger partial charge in [-0.3, -0.25) is 0 Å². The molecule has 0 radical (unpaired) electrons. The topological polar surface area (TPSA) is 24.5 Å². The van der Waals surface area contributed by atoms with Gasteiger partial charge in [-0.15, -0.1) is 0 Å². The molecular formula is C13H26N2O. The first kappa shape index (κ1) is 12.3. The summed E-state index contributed by atoms with van der Waals surface area (Å²) in [7, 11) is 0. The molecule has 0 bridgehead atoms. The Hall–Kier alpha value is -0.120. The minimum Gasteiger partial charge on any atom is -0.379 e. The summed E-state index contributed by atoms with van der Waals surface area (Å²) < 4.78 is 5.49. The Balaban J connectivity index is 1.71. The normalized spacial score (nSPS) is 37.5. The van der Waals surface area contributed by atoms with Gasteiger partial charge >= 0.3 is 0 Å². The number of likely N-dealkylation sites (tertiary alicyclic amines) is 1. The zero-order valence-electron chi connectivity index (χ0n) is 10.7. The number of hydrogen-bond acceptors (Lipinski definition) is 3. The summed E-state index contributed by atoms with van der Waals surface area (Å²) in [5, 5.41) is 3.53. The number of nitrogens with one attached hydrogen (secondary N) is 1. The van der Waals surface area contributed by atoms with Crippen molar-refractivity contribution < 1.29 is 4.74 Å². The molecule has 2 heterocycles. The van der Waals surface area contributed by atoms with Gasteiger partial charge in [0, 0.05) is 25.2 Å². The Bertz CT molecular complexity index is 204. The van der Waals surface area contributed by atoms with Gasteiger partial charge in [0.1, 0.15) is 0 Å². The van der Waals surface area contributed by atoms with Crippen LogP contribution in [0, 0.1) is 5.92 Å². The van der Waals surface area contributed by atoms with Crippen molar-refractivity contribution in [3.8, 4) is 0 Å². The quantitative estimate of drug-likeness (QED) is 0.789. The molecule has 3 atom stereocenters. The Kier molecular flexibility index (Phi) is 4.62. The van der Waals surface area contributed by atoms with E-state index in [1.54, 1.807) is 0 Å². The third-order valence-corrected chi connectivity index (χ3v) is 4.01. The maximum absolute atomic E-state index is 5.49. The lowest BCUT2D eigenvalue weighted by molar-refractivity contribution is 0.0612. The van der Waals surface area contributed by atoms with Crippen molar-refractivity contribution in [2.24, 2.45) is 5.92 Å². The van der Waals surface area contributed by atoms with E-state index in [0.717, 1.165) is 31.7 Å². The lowest BCUT2D eigenvalue weighted by atomic mass is 9.94. The van der Waals surface area contributed by atoms with Gasteiger partial charge in [0.05, 0.1) is 13.2 Å². The first-order chi connectivity index (χ1) is 7.75. The van der Waals surface area contributed by atoms with E-state index in [1.807, 2.05) is 0 Å². The monoisotopic (exact) mass is 226 g/mol. The van der Waals surface area contributed by atoms with Gasteiger partial charge in [-0.25, -0.2) is 0 Å². The fourth-order valence-corrected chi connectivity index (χ4v) is 2.82. The zero-order chi connectivity index (χ0) is 11.4. The molecule has 0 aromatic heterocycles. The smallest absolute Gasteiger partial charge is 0.0620 e. The second-order valence-electron chi connectivity index (χ2n) is 5.54. The van der Waals surface area contributed by atoms with Crippen molar-refractivity contribution in [1.29, 1.82) is 0 Å². The molecule has 0 aromatic carbocycles. The SMILES string of the molecule is CC1CCC(C)N(CCC2COCCN2)C1. The molecule has 0 spiro atoms. The van der Waals surface area contributed by atoms with Crippen LogP contribution in [0.15, 0.2) is 0 Å². The molecule has 0 aromatic rings. The lowest BCUT2D eigenvalue weighted by Crippen LogP contribution is -2.46. The van der Waals surface area contributed by atoms with E-state index in [-0.39, 0.29) is 0 Å². The summed E-state index contributed by atoms with van der Waals surface area (Å²) in [6, 6.07) is 1.36. The van der Waals surface area contributed by atoms with E-state index in [2.05, 4.69) is 24.1 Å². The van der Waals surface area contributed by atoms with Gasteiger partial charge in [-0.2, -0.15) is 0 Å². The highest BCUT2D eigenvalue weighted by atomic mass is 16.5. The Morgan fingerprint density at radius 1 is 1.31 bits per heavy atom. The van der Waals surface area contributed by atoms with E-state index >= 15 is 0 Å². The molecule has 3 unspecified atom stereocenters. The third kappa shape index (κ3) is 3.44. The minimum absolute atomic E-state index is 0.582. The molecule has 16 heavy (non-hydrogen) atoms. The highest BCUT2D eigenvalue weighted by Gasteiger charge is 2.23. The molecule has 2 aliphatic heterocycles. The Morgan fingerprint density at radius 2 is 2.19 bits per heavy atom. The van der Waals surface area contributed by atoms with Crippen LogP contribution in [0.25, 0.3) is 0 Å². The van der Waals surface area contributed by atoms with Gasteiger partial charge in [-0.05, 0) is 38.6 Å². The first-order valence-electron chi connectivity index (χ1n) is 6.81. The number of hydrogen-bond donors (Lipinski definition) is 1. The van der Waals surface area contributed by atoms with Gasteiger partial charge < -0.3 is 15.0 Å². The number of morpholine rings is 1. The zero-order valence-corrected chi connectivity index (χ0v) is 10.7. The van der Waals surface area contributed by atoms with Crippen molar-refractivity contribution in [2.75, 3.05) is 32.8 Å². The van der Waals surface area contributed by atoms with Crippen molar-refractivity contribution in [3.63, 3.8) is 0 Å². The second kappa shape index (κ2) is 5.99. The van der Waals surface area contributed by atoms with Crippen LogP contribution in [0.4, 0.5) is 0 Å². The van der Waals surface area contributed by atoms with Crippen molar-refractivity contribution >= 4 is 0 Å². The fraction of sp³-hybridized carbons (Fsp3) is 1.00. The molecule has 0 saturated carbocycles. The molecule has 2 saturated heterocycles. The molecule has 94 valence electrons. The predicted octanol–water partition coefficient (Wildman–Crippen LogP) is 1.49. The summed E-state index contributed by atoms with van der Waals surface area (Å²) >= 11 is 0. The van der Waals surface area contributed by atoms with Crippen LogP contribution in [0.3, 0.4) is 0 Å². The largest absolute Gasteiger partial charge is 0.379 e. The van der Waals surface area contributed by atoms with Gasteiger partial charge in [0.2, 0.25) is 0 Å². The average Bonchev–Trinajstić information content (AvgIpc) is 2.32. The van der Waals surface area contributed by atoms with Crippen molar-refractivity contribution in [3.05, 3.63) is 0 Å². The lowest BCUT2D eigenvalue weighted by Gasteiger charge is -2.37. The standard InChI is InChI=1S/C13H26N2O/c1-11-3-4-12(2)15(9-11)7-5-13-10-16-8-6-14-13/h11-14H,3-10H2,1-2H3. The van der Waals surface area contributed by atoms with Crippen molar-refractivity contribution in [1.82, 2.24) is 10.2 Å². The minimum atomic E-state index is 0.582.